The van der Waals surface area contributed by atoms with Crippen LogP contribution >= 0.6 is 24.0 Å². The van der Waals surface area contributed by atoms with Gasteiger partial charge in [-0.2, -0.15) is 0 Å². The molecule has 13 heavy (non-hydrogen) atoms. The van der Waals surface area contributed by atoms with Crippen LogP contribution in [-0.4, -0.2) is 6.04 Å². The van der Waals surface area contributed by atoms with E-state index in [2.05, 4.69) is 13.0 Å². The lowest BCUT2D eigenvalue weighted by Gasteiger charge is -2.15. The summed E-state index contributed by atoms with van der Waals surface area (Å²) in [6.07, 6.45) is 0. The Kier molecular flexibility index (Phi) is 5.38. The number of hydrogen-bond donors (Lipinski definition) is 1. The Balaban J connectivity index is 0.00000144. The third kappa shape index (κ3) is 3.55. The molecular weight excluding hydrogens is 205 g/mol. The molecule has 0 spiro atoms. The van der Waals surface area contributed by atoms with Gasteiger partial charge >= 0.3 is 0 Å². The molecule has 2 atom stereocenters. The van der Waals surface area contributed by atoms with Gasteiger partial charge in [0.1, 0.15) is 0 Å². The first-order chi connectivity index (χ1) is 5.61. The van der Waals surface area contributed by atoms with Crippen molar-refractivity contribution in [3.63, 3.8) is 0 Å². The highest BCUT2D eigenvalue weighted by molar-refractivity contribution is 6.30. The van der Waals surface area contributed by atoms with Crippen LogP contribution in [0.5, 0.6) is 0 Å². The zero-order valence-electron chi connectivity index (χ0n) is 7.83. The van der Waals surface area contributed by atoms with Crippen molar-refractivity contribution in [2.24, 2.45) is 5.73 Å². The lowest BCUT2D eigenvalue weighted by atomic mass is 9.95. The summed E-state index contributed by atoms with van der Waals surface area (Å²) in [5.74, 6) is 0.365. The molecule has 74 valence electrons. The Morgan fingerprint density at radius 1 is 1.31 bits per heavy atom. The second-order valence-electron chi connectivity index (χ2n) is 3.20. The zero-order valence-corrected chi connectivity index (χ0v) is 9.40. The molecule has 1 aromatic rings. The fourth-order valence-corrected chi connectivity index (χ4v) is 1.29. The van der Waals surface area contributed by atoms with Gasteiger partial charge in [-0.1, -0.05) is 30.7 Å². The van der Waals surface area contributed by atoms with Crippen molar-refractivity contribution in [2.45, 2.75) is 25.8 Å². The van der Waals surface area contributed by atoms with E-state index in [0.29, 0.717) is 5.92 Å². The molecule has 1 aromatic carbocycles. The molecule has 0 aromatic heterocycles. The standard InChI is InChI=1S/C10H14ClN.ClH/c1-7(8(2)12)9-4-3-5-10(11)6-9;/h3-8H,12H2,1-2H3;1H. The normalized spacial score (nSPS) is 14.5. The first kappa shape index (κ1) is 12.8. The highest BCUT2D eigenvalue weighted by Crippen LogP contribution is 2.20. The monoisotopic (exact) mass is 219 g/mol. The quantitative estimate of drug-likeness (QED) is 0.813. The molecule has 0 fully saturated rings. The summed E-state index contributed by atoms with van der Waals surface area (Å²) in [5, 5.41) is 0.778. The number of benzene rings is 1. The summed E-state index contributed by atoms with van der Waals surface area (Å²) in [7, 11) is 0. The molecule has 3 heteroatoms. The maximum atomic E-state index is 5.85. The van der Waals surface area contributed by atoms with Gasteiger partial charge in [0, 0.05) is 11.1 Å². The van der Waals surface area contributed by atoms with Crippen molar-refractivity contribution < 1.29 is 0 Å². The van der Waals surface area contributed by atoms with Crippen molar-refractivity contribution in [3.8, 4) is 0 Å². The van der Waals surface area contributed by atoms with Crippen molar-refractivity contribution in [2.75, 3.05) is 0 Å². The first-order valence-corrected chi connectivity index (χ1v) is 4.50. The van der Waals surface area contributed by atoms with E-state index in [0.717, 1.165) is 5.02 Å². The molecule has 0 aliphatic carbocycles. The highest BCUT2D eigenvalue weighted by Gasteiger charge is 2.09. The highest BCUT2D eigenvalue weighted by atomic mass is 35.5. The van der Waals surface area contributed by atoms with Crippen LogP contribution in [0.25, 0.3) is 0 Å². The van der Waals surface area contributed by atoms with Crippen LogP contribution in [-0.2, 0) is 0 Å². The van der Waals surface area contributed by atoms with E-state index in [9.17, 15) is 0 Å². The van der Waals surface area contributed by atoms with Crippen molar-refractivity contribution in [3.05, 3.63) is 34.9 Å². The van der Waals surface area contributed by atoms with Gasteiger partial charge in [-0.05, 0) is 30.5 Å². The minimum atomic E-state index is 0. The molecule has 1 nitrogen and oxygen atoms in total. The number of nitrogens with two attached hydrogens (primary N) is 1. The fourth-order valence-electron chi connectivity index (χ4n) is 1.09. The van der Waals surface area contributed by atoms with Gasteiger partial charge in [-0.25, -0.2) is 0 Å². The second kappa shape index (κ2) is 5.48. The van der Waals surface area contributed by atoms with Crippen LogP contribution in [0.3, 0.4) is 0 Å². The minimum Gasteiger partial charge on any atom is -0.327 e. The smallest absolute Gasteiger partial charge is 0.0408 e. The van der Waals surface area contributed by atoms with Crippen molar-refractivity contribution in [1.82, 2.24) is 0 Å². The predicted molar refractivity (Wildman–Crippen MR) is 60.8 cm³/mol. The molecule has 0 aliphatic heterocycles. The lowest BCUT2D eigenvalue weighted by molar-refractivity contribution is 0.613. The Labute approximate surface area is 90.7 Å². The van der Waals surface area contributed by atoms with E-state index >= 15 is 0 Å². The topological polar surface area (TPSA) is 26.0 Å². The molecule has 0 amide bonds. The maximum Gasteiger partial charge on any atom is 0.0408 e. The third-order valence-corrected chi connectivity index (χ3v) is 2.40. The summed E-state index contributed by atoms with van der Waals surface area (Å²) in [6, 6.07) is 8.02. The van der Waals surface area contributed by atoms with Crippen LogP contribution in [0.1, 0.15) is 25.3 Å². The first-order valence-electron chi connectivity index (χ1n) is 4.12. The van der Waals surface area contributed by atoms with Gasteiger partial charge < -0.3 is 5.73 Å². The van der Waals surface area contributed by atoms with Gasteiger partial charge in [-0.15, -0.1) is 12.4 Å². The Bertz CT molecular complexity index is 261. The summed E-state index contributed by atoms with van der Waals surface area (Å²) in [5.41, 5.74) is 6.98. The SMILES string of the molecule is CC(N)C(C)c1cccc(Cl)c1.Cl. The summed E-state index contributed by atoms with van der Waals surface area (Å²) < 4.78 is 0. The third-order valence-electron chi connectivity index (χ3n) is 2.16. The molecule has 2 unspecified atom stereocenters. The van der Waals surface area contributed by atoms with Gasteiger partial charge in [-0.3, -0.25) is 0 Å². The predicted octanol–water partition coefficient (Wildman–Crippen LogP) is 3.21. The summed E-state index contributed by atoms with van der Waals surface area (Å²) in [4.78, 5) is 0. The Morgan fingerprint density at radius 2 is 1.92 bits per heavy atom. The molecule has 0 radical (unpaired) electrons. The summed E-state index contributed by atoms with van der Waals surface area (Å²) >= 11 is 5.85. The fraction of sp³-hybridized carbons (Fsp3) is 0.400. The molecule has 0 saturated carbocycles. The molecule has 1 rings (SSSR count). The van der Waals surface area contributed by atoms with E-state index in [-0.39, 0.29) is 18.4 Å². The maximum absolute atomic E-state index is 5.85. The van der Waals surface area contributed by atoms with E-state index < -0.39 is 0 Å². The number of rotatable bonds is 2. The lowest BCUT2D eigenvalue weighted by Crippen LogP contribution is -2.22. The van der Waals surface area contributed by atoms with Gasteiger partial charge in [0.05, 0.1) is 0 Å². The van der Waals surface area contributed by atoms with Gasteiger partial charge in [0.15, 0.2) is 0 Å². The second-order valence-corrected chi connectivity index (χ2v) is 3.64. The largest absolute Gasteiger partial charge is 0.327 e. The molecule has 2 N–H and O–H groups in total. The molecule has 0 bridgehead atoms. The molecule has 0 heterocycles. The van der Waals surface area contributed by atoms with Crippen molar-refractivity contribution >= 4 is 24.0 Å². The number of halogens is 2. The summed E-state index contributed by atoms with van der Waals surface area (Å²) in [6.45, 7) is 4.11. The van der Waals surface area contributed by atoms with Crippen molar-refractivity contribution in [1.29, 1.82) is 0 Å². The molecule has 0 saturated heterocycles. The Hall–Kier alpha value is -0.240. The van der Waals surface area contributed by atoms with Crippen LogP contribution < -0.4 is 5.73 Å². The van der Waals surface area contributed by atoms with Crippen LogP contribution in [0.2, 0.25) is 5.02 Å². The van der Waals surface area contributed by atoms with E-state index in [1.54, 1.807) is 0 Å². The molecule has 0 aliphatic rings. The number of hydrogen-bond acceptors (Lipinski definition) is 1. The van der Waals surface area contributed by atoms with Gasteiger partial charge in [0.25, 0.3) is 0 Å². The zero-order chi connectivity index (χ0) is 9.14. The minimum absolute atomic E-state index is 0. The van der Waals surface area contributed by atoms with Crippen LogP contribution in [0.4, 0.5) is 0 Å². The van der Waals surface area contributed by atoms with E-state index in [1.165, 1.54) is 5.56 Å². The van der Waals surface area contributed by atoms with E-state index in [4.69, 9.17) is 17.3 Å². The Morgan fingerprint density at radius 3 is 2.38 bits per heavy atom. The van der Waals surface area contributed by atoms with Crippen LogP contribution in [0.15, 0.2) is 24.3 Å². The van der Waals surface area contributed by atoms with Crippen LogP contribution in [0, 0.1) is 0 Å². The average Bonchev–Trinajstić information content (AvgIpc) is 2.03. The van der Waals surface area contributed by atoms with Gasteiger partial charge in [0.2, 0.25) is 0 Å². The van der Waals surface area contributed by atoms with E-state index in [1.807, 2.05) is 25.1 Å². The molecular formula is C10H15Cl2N. The average molecular weight is 220 g/mol.